The van der Waals surface area contributed by atoms with Crippen molar-refractivity contribution in [1.29, 1.82) is 0 Å². The van der Waals surface area contributed by atoms with E-state index in [1.807, 2.05) is 18.2 Å². The van der Waals surface area contributed by atoms with Crippen molar-refractivity contribution in [2.24, 2.45) is 0 Å². The Kier molecular flexibility index (Phi) is 3.82. The summed E-state index contributed by atoms with van der Waals surface area (Å²) in [4.78, 5) is 20.7. The van der Waals surface area contributed by atoms with Crippen LogP contribution in [0.2, 0.25) is 0 Å². The Morgan fingerprint density at radius 3 is 3.00 bits per heavy atom. The minimum Gasteiger partial charge on any atom is -0.461 e. The molecule has 17 heavy (non-hydrogen) atoms. The first-order valence-electron chi connectivity index (χ1n) is 5.31. The van der Waals surface area contributed by atoms with Crippen LogP contribution in [0.4, 0.5) is 0 Å². The Hall–Kier alpha value is -1.75. The number of nitrogens with zero attached hydrogens (tertiary/aromatic N) is 2. The van der Waals surface area contributed by atoms with Crippen LogP contribution in [0, 0.1) is 0 Å². The summed E-state index contributed by atoms with van der Waals surface area (Å²) in [5.41, 5.74) is 0.964. The van der Waals surface area contributed by atoms with Gasteiger partial charge in [0.15, 0.2) is 0 Å². The Labute approximate surface area is 103 Å². The standard InChI is InChI=1S/C12H12N2O2S/c1-2-16-12(15)11-14-8-10(17-11)7-9-5-3-4-6-13-9/h3-6,8H,2,7H2,1H3. The molecule has 2 aromatic heterocycles. The van der Waals surface area contributed by atoms with E-state index in [-0.39, 0.29) is 5.97 Å². The highest BCUT2D eigenvalue weighted by atomic mass is 32.1. The van der Waals surface area contributed by atoms with Crippen LogP contribution in [0.3, 0.4) is 0 Å². The monoisotopic (exact) mass is 248 g/mol. The summed E-state index contributed by atoms with van der Waals surface area (Å²) in [7, 11) is 0. The third-order valence-corrected chi connectivity index (χ3v) is 3.06. The Morgan fingerprint density at radius 1 is 1.41 bits per heavy atom. The Bertz CT molecular complexity index is 496. The predicted octanol–water partition coefficient (Wildman–Crippen LogP) is 2.31. The van der Waals surface area contributed by atoms with Crippen molar-refractivity contribution in [3.8, 4) is 0 Å². The van der Waals surface area contributed by atoms with Crippen molar-refractivity contribution in [2.45, 2.75) is 13.3 Å². The zero-order valence-electron chi connectivity index (χ0n) is 9.42. The first kappa shape index (κ1) is 11.7. The van der Waals surface area contributed by atoms with Crippen molar-refractivity contribution in [1.82, 2.24) is 9.97 Å². The summed E-state index contributed by atoms with van der Waals surface area (Å²) in [6, 6.07) is 5.76. The highest BCUT2D eigenvalue weighted by Crippen LogP contribution is 2.16. The number of ether oxygens (including phenoxy) is 1. The molecule has 0 radical (unpaired) electrons. The van der Waals surface area contributed by atoms with Gasteiger partial charge in [-0.2, -0.15) is 0 Å². The first-order valence-corrected chi connectivity index (χ1v) is 6.13. The van der Waals surface area contributed by atoms with E-state index in [1.165, 1.54) is 11.3 Å². The van der Waals surface area contributed by atoms with Crippen LogP contribution in [0.25, 0.3) is 0 Å². The molecule has 2 aromatic rings. The lowest BCUT2D eigenvalue weighted by Gasteiger charge is -1.96. The van der Waals surface area contributed by atoms with Gasteiger partial charge in [-0.25, -0.2) is 9.78 Å². The summed E-state index contributed by atoms with van der Waals surface area (Å²) in [6.45, 7) is 2.15. The lowest BCUT2D eigenvalue weighted by atomic mass is 10.2. The van der Waals surface area contributed by atoms with E-state index in [2.05, 4.69) is 9.97 Å². The molecular formula is C12H12N2O2S. The van der Waals surface area contributed by atoms with E-state index in [4.69, 9.17) is 4.74 Å². The van der Waals surface area contributed by atoms with Crippen molar-refractivity contribution >= 4 is 17.3 Å². The Balaban J connectivity index is 2.06. The van der Waals surface area contributed by atoms with E-state index < -0.39 is 0 Å². The number of hydrogen-bond acceptors (Lipinski definition) is 5. The minimum atomic E-state index is -0.357. The summed E-state index contributed by atoms with van der Waals surface area (Å²) >= 11 is 1.35. The van der Waals surface area contributed by atoms with Gasteiger partial charge in [0.2, 0.25) is 5.01 Å². The lowest BCUT2D eigenvalue weighted by molar-refractivity contribution is 0.0526. The SMILES string of the molecule is CCOC(=O)c1ncc(Cc2ccccn2)s1. The van der Waals surface area contributed by atoms with Crippen molar-refractivity contribution in [3.63, 3.8) is 0 Å². The summed E-state index contributed by atoms with van der Waals surface area (Å²) in [5.74, 6) is -0.357. The first-order chi connectivity index (χ1) is 8.29. The molecule has 88 valence electrons. The smallest absolute Gasteiger partial charge is 0.367 e. The highest BCUT2D eigenvalue weighted by molar-refractivity contribution is 7.13. The molecule has 5 heteroatoms. The van der Waals surface area contributed by atoms with Gasteiger partial charge in [-0.1, -0.05) is 6.07 Å². The van der Waals surface area contributed by atoms with Crippen molar-refractivity contribution < 1.29 is 9.53 Å². The fraction of sp³-hybridized carbons (Fsp3) is 0.250. The van der Waals surface area contributed by atoms with Crippen LogP contribution in [0.15, 0.2) is 30.6 Å². The van der Waals surface area contributed by atoms with Gasteiger partial charge < -0.3 is 4.74 Å². The summed E-state index contributed by atoms with van der Waals surface area (Å²) < 4.78 is 4.88. The maximum atomic E-state index is 11.4. The normalized spacial score (nSPS) is 10.2. The fourth-order valence-electron chi connectivity index (χ4n) is 1.36. The molecule has 0 aliphatic carbocycles. The third kappa shape index (κ3) is 3.10. The second-order valence-corrected chi connectivity index (χ2v) is 4.47. The van der Waals surface area contributed by atoms with E-state index in [0.29, 0.717) is 18.0 Å². The number of rotatable bonds is 4. The predicted molar refractivity (Wildman–Crippen MR) is 65.1 cm³/mol. The van der Waals surface area contributed by atoms with Gasteiger partial charge in [0.25, 0.3) is 0 Å². The molecule has 0 amide bonds. The molecule has 4 nitrogen and oxygen atoms in total. The zero-order valence-corrected chi connectivity index (χ0v) is 10.2. The molecule has 0 saturated heterocycles. The van der Waals surface area contributed by atoms with Crippen LogP contribution in [0.5, 0.6) is 0 Å². The van der Waals surface area contributed by atoms with Crippen LogP contribution in [-0.2, 0) is 11.2 Å². The molecule has 0 aromatic carbocycles. The number of hydrogen-bond donors (Lipinski definition) is 0. The fourth-order valence-corrected chi connectivity index (χ4v) is 2.18. The molecule has 0 spiro atoms. The maximum Gasteiger partial charge on any atom is 0.367 e. The van der Waals surface area contributed by atoms with Gasteiger partial charge in [-0.3, -0.25) is 4.98 Å². The number of aromatic nitrogens is 2. The van der Waals surface area contributed by atoms with Gasteiger partial charge in [0.1, 0.15) is 0 Å². The molecule has 0 atom stereocenters. The molecule has 0 aliphatic rings. The molecule has 0 fully saturated rings. The molecule has 0 unspecified atom stereocenters. The highest BCUT2D eigenvalue weighted by Gasteiger charge is 2.12. The van der Waals surface area contributed by atoms with Crippen LogP contribution in [-0.4, -0.2) is 22.5 Å². The molecule has 2 rings (SSSR count). The summed E-state index contributed by atoms with van der Waals surface area (Å²) in [6.07, 6.45) is 4.14. The van der Waals surface area contributed by atoms with Crippen LogP contribution >= 0.6 is 11.3 Å². The number of pyridine rings is 1. The van der Waals surface area contributed by atoms with Gasteiger partial charge >= 0.3 is 5.97 Å². The quantitative estimate of drug-likeness (QED) is 0.779. The minimum absolute atomic E-state index is 0.357. The molecule has 0 aliphatic heterocycles. The van der Waals surface area contributed by atoms with Gasteiger partial charge in [0, 0.05) is 29.4 Å². The van der Waals surface area contributed by atoms with Gasteiger partial charge in [-0.05, 0) is 19.1 Å². The Morgan fingerprint density at radius 2 is 2.29 bits per heavy atom. The van der Waals surface area contributed by atoms with Crippen LogP contribution in [0.1, 0.15) is 27.3 Å². The van der Waals surface area contributed by atoms with Gasteiger partial charge in [-0.15, -0.1) is 11.3 Å². The average molecular weight is 248 g/mol. The second kappa shape index (κ2) is 5.54. The molecule has 0 saturated carbocycles. The number of carbonyl (C=O) groups is 1. The zero-order chi connectivity index (χ0) is 12.1. The maximum absolute atomic E-state index is 11.4. The number of esters is 1. The molecule has 0 N–H and O–H groups in total. The van der Waals surface area contributed by atoms with E-state index in [0.717, 1.165) is 10.6 Å². The van der Waals surface area contributed by atoms with Crippen molar-refractivity contribution in [2.75, 3.05) is 6.61 Å². The van der Waals surface area contributed by atoms with Crippen LogP contribution < -0.4 is 0 Å². The lowest BCUT2D eigenvalue weighted by Crippen LogP contribution is -2.03. The topological polar surface area (TPSA) is 52.1 Å². The number of thiazole rings is 1. The molecular weight excluding hydrogens is 236 g/mol. The van der Waals surface area contributed by atoms with E-state index in [9.17, 15) is 4.79 Å². The number of carbonyl (C=O) groups excluding carboxylic acids is 1. The molecule has 0 bridgehead atoms. The average Bonchev–Trinajstić information content (AvgIpc) is 2.79. The van der Waals surface area contributed by atoms with Crippen molar-refractivity contribution in [3.05, 3.63) is 46.2 Å². The third-order valence-electron chi connectivity index (χ3n) is 2.09. The van der Waals surface area contributed by atoms with E-state index in [1.54, 1.807) is 19.3 Å². The van der Waals surface area contributed by atoms with E-state index >= 15 is 0 Å². The molecule has 2 heterocycles. The largest absolute Gasteiger partial charge is 0.461 e. The summed E-state index contributed by atoms with van der Waals surface area (Å²) in [5, 5.41) is 0.401. The van der Waals surface area contributed by atoms with Gasteiger partial charge in [0.05, 0.1) is 6.61 Å². The second-order valence-electron chi connectivity index (χ2n) is 3.35.